The Labute approximate surface area is 276 Å². The zero-order valence-electron chi connectivity index (χ0n) is 25.5. The van der Waals surface area contributed by atoms with Crippen molar-refractivity contribution in [2.75, 3.05) is 4.90 Å². The zero-order valence-corrected chi connectivity index (χ0v) is 26.3. The summed E-state index contributed by atoms with van der Waals surface area (Å²) in [6.07, 6.45) is 0.147. The van der Waals surface area contributed by atoms with E-state index in [-0.39, 0.29) is 29.9 Å². The van der Waals surface area contributed by atoms with E-state index in [1.165, 1.54) is 11.3 Å². The summed E-state index contributed by atoms with van der Waals surface area (Å²) in [6, 6.07) is 29.6. The molecule has 0 bridgehead atoms. The van der Waals surface area contributed by atoms with Crippen LogP contribution in [0, 0.1) is 0 Å². The Morgan fingerprint density at radius 1 is 0.766 bits per heavy atom. The number of anilines is 1. The number of aromatic nitrogens is 2. The number of hydrogen-bond acceptors (Lipinski definition) is 7. The molecule has 0 saturated carbocycles. The van der Waals surface area contributed by atoms with Crippen LogP contribution in [0.15, 0.2) is 120 Å². The van der Waals surface area contributed by atoms with Gasteiger partial charge in [0.05, 0.1) is 41.1 Å². The first kappa shape index (κ1) is 33.0. The van der Waals surface area contributed by atoms with Crippen LogP contribution < -0.4 is 15.5 Å². The molecule has 240 valence electrons. The fraction of sp³-hybridized carbons (Fsp3) is 0.194. The quantitative estimate of drug-likeness (QED) is 0.127. The molecule has 0 saturated heterocycles. The molecule has 47 heavy (non-hydrogen) atoms. The maximum Gasteiger partial charge on any atom is 0.412 e. The van der Waals surface area contributed by atoms with Crippen LogP contribution in [0.5, 0.6) is 0 Å². The number of rotatable bonds is 14. The van der Waals surface area contributed by atoms with Gasteiger partial charge >= 0.3 is 6.09 Å². The van der Waals surface area contributed by atoms with E-state index >= 15 is 0 Å². The van der Waals surface area contributed by atoms with Crippen LogP contribution in [0.1, 0.15) is 44.1 Å². The van der Waals surface area contributed by atoms with Gasteiger partial charge in [0.15, 0.2) is 0 Å². The minimum atomic E-state index is -1.23. The fourth-order valence-electron chi connectivity index (χ4n) is 5.34. The van der Waals surface area contributed by atoms with Gasteiger partial charge in [0.25, 0.3) is 11.8 Å². The van der Waals surface area contributed by atoms with Gasteiger partial charge in [-0.2, -0.15) is 0 Å². The van der Waals surface area contributed by atoms with Crippen molar-refractivity contribution < 1.29 is 24.6 Å². The topological polar surface area (TPSA) is 145 Å². The van der Waals surface area contributed by atoms with Crippen LogP contribution in [0.3, 0.4) is 0 Å². The van der Waals surface area contributed by atoms with E-state index in [4.69, 9.17) is 0 Å². The molecule has 5 aromatic rings. The Balaban J connectivity index is 1.40. The van der Waals surface area contributed by atoms with E-state index in [0.29, 0.717) is 18.5 Å². The van der Waals surface area contributed by atoms with Crippen molar-refractivity contribution in [2.24, 2.45) is 0 Å². The predicted octanol–water partition coefficient (Wildman–Crippen LogP) is 5.36. The first-order chi connectivity index (χ1) is 22.9. The molecule has 10 nitrogen and oxygen atoms in total. The van der Waals surface area contributed by atoms with Crippen LogP contribution >= 0.6 is 11.3 Å². The smallest absolute Gasteiger partial charge is 0.412 e. The third kappa shape index (κ3) is 9.32. The summed E-state index contributed by atoms with van der Waals surface area (Å²) in [5.41, 5.74) is 4.60. The molecule has 0 radical (unpaired) electrons. The van der Waals surface area contributed by atoms with Crippen LogP contribution in [0.4, 0.5) is 10.5 Å². The molecule has 4 N–H and O–H groups in total. The molecule has 3 aromatic carbocycles. The Morgan fingerprint density at radius 2 is 1.43 bits per heavy atom. The van der Waals surface area contributed by atoms with E-state index < -0.39 is 36.1 Å². The lowest BCUT2D eigenvalue weighted by molar-refractivity contribution is 0.0753. The number of pyridine rings is 1. The van der Waals surface area contributed by atoms with Crippen molar-refractivity contribution in [3.8, 4) is 0 Å². The van der Waals surface area contributed by atoms with Crippen LogP contribution in [0.2, 0.25) is 0 Å². The predicted molar refractivity (Wildman–Crippen MR) is 180 cm³/mol. The van der Waals surface area contributed by atoms with E-state index in [2.05, 4.69) is 20.6 Å². The minimum Gasteiger partial charge on any atom is -0.465 e. The van der Waals surface area contributed by atoms with Crippen LogP contribution in [-0.4, -0.2) is 56.3 Å². The van der Waals surface area contributed by atoms with Gasteiger partial charge in [-0.3, -0.25) is 19.5 Å². The second kappa shape index (κ2) is 16.3. The number of nitrogens with zero attached hydrogens (tertiary/aromatic N) is 3. The van der Waals surface area contributed by atoms with Gasteiger partial charge in [-0.15, -0.1) is 11.3 Å². The summed E-state index contributed by atoms with van der Waals surface area (Å²) in [5, 5.41) is 29.4. The Morgan fingerprint density at radius 3 is 2.06 bits per heavy atom. The largest absolute Gasteiger partial charge is 0.465 e. The normalized spacial score (nSPS) is 12.8. The number of hydrogen-bond donors (Lipinski definition) is 4. The molecular weight excluding hydrogens is 614 g/mol. The number of thiazole rings is 1. The number of amides is 3. The highest BCUT2D eigenvalue weighted by atomic mass is 32.1. The Hall–Kier alpha value is -5.39. The number of nitrogens with one attached hydrogen (secondary N) is 2. The molecule has 0 fully saturated rings. The summed E-state index contributed by atoms with van der Waals surface area (Å²) >= 11 is 1.30. The van der Waals surface area contributed by atoms with Gasteiger partial charge in [0.1, 0.15) is 5.69 Å². The highest BCUT2D eigenvalue weighted by molar-refractivity contribution is 7.07. The molecule has 0 unspecified atom stereocenters. The molecule has 0 spiro atoms. The lowest BCUT2D eigenvalue weighted by atomic mass is 9.93. The fourth-order valence-corrected chi connectivity index (χ4v) is 5.87. The second-order valence-corrected chi connectivity index (χ2v) is 11.7. The Bertz CT molecular complexity index is 1740. The molecule has 0 aliphatic rings. The minimum absolute atomic E-state index is 0.0491. The van der Waals surface area contributed by atoms with Gasteiger partial charge in [0.2, 0.25) is 0 Å². The Kier molecular flexibility index (Phi) is 11.4. The van der Waals surface area contributed by atoms with E-state index in [9.17, 15) is 24.6 Å². The van der Waals surface area contributed by atoms with E-state index in [0.717, 1.165) is 16.0 Å². The summed E-state index contributed by atoms with van der Waals surface area (Å²) in [7, 11) is 0. The third-order valence-corrected chi connectivity index (χ3v) is 8.23. The van der Waals surface area contributed by atoms with Gasteiger partial charge in [-0.1, -0.05) is 78.9 Å². The van der Waals surface area contributed by atoms with E-state index in [1.807, 2.05) is 60.7 Å². The van der Waals surface area contributed by atoms with Crippen LogP contribution in [-0.2, 0) is 19.4 Å². The van der Waals surface area contributed by atoms with Gasteiger partial charge in [-0.05, 0) is 54.7 Å². The van der Waals surface area contributed by atoms with Crippen molar-refractivity contribution in [1.82, 2.24) is 20.6 Å². The zero-order chi connectivity index (χ0) is 33.0. The van der Waals surface area contributed by atoms with E-state index in [1.54, 1.807) is 59.6 Å². The molecule has 2 heterocycles. The molecule has 0 aliphatic heterocycles. The number of carbonyl (C=O) groups is 3. The van der Waals surface area contributed by atoms with Crippen molar-refractivity contribution in [3.05, 3.63) is 148 Å². The highest BCUT2D eigenvalue weighted by Gasteiger charge is 2.29. The first-order valence-electron chi connectivity index (χ1n) is 15.1. The molecule has 3 atom stereocenters. The first-order valence-corrected chi connectivity index (χ1v) is 16.1. The summed E-state index contributed by atoms with van der Waals surface area (Å²) in [6.45, 7) is -0.0491. The number of carbonyl (C=O) groups excluding carboxylic acids is 2. The molecule has 0 aliphatic carbocycles. The summed E-state index contributed by atoms with van der Waals surface area (Å²) < 4.78 is 0. The second-order valence-electron chi connectivity index (χ2n) is 11.0. The van der Waals surface area contributed by atoms with Crippen molar-refractivity contribution in [2.45, 2.75) is 44.0 Å². The third-order valence-electron chi connectivity index (χ3n) is 7.65. The van der Waals surface area contributed by atoms with Gasteiger partial charge in [-0.25, -0.2) is 9.78 Å². The standard InChI is InChI=1S/C36H35N5O5S/c42-33(30(20-26-13-5-2-6-14-26)40-35(44)31-23-47-24-38-31)21-28(19-25-11-3-1-4-12-25)39-34(43)29-16-7-8-17-32(29)41(36(45)46)22-27-15-9-10-18-37-27/h1-18,23-24,28,30,33,42H,19-22H2,(H,39,43)(H,40,44)(H,45,46)/t28-,30-,33-/m0/s1. The molecule has 11 heteroatoms. The summed E-state index contributed by atoms with van der Waals surface area (Å²) in [4.78, 5) is 48.8. The number of benzene rings is 3. The van der Waals surface area contributed by atoms with Gasteiger partial charge in [0, 0.05) is 17.6 Å². The highest BCUT2D eigenvalue weighted by Crippen LogP contribution is 2.24. The van der Waals surface area contributed by atoms with Crippen molar-refractivity contribution >= 4 is 34.9 Å². The maximum absolute atomic E-state index is 13.9. The number of aliphatic hydroxyl groups is 1. The van der Waals surface area contributed by atoms with Crippen molar-refractivity contribution in [3.63, 3.8) is 0 Å². The molecule has 5 rings (SSSR count). The number of carboxylic acid groups (broad SMARTS) is 1. The average molecular weight is 650 g/mol. The monoisotopic (exact) mass is 649 g/mol. The summed E-state index contributed by atoms with van der Waals surface area (Å²) in [5.74, 6) is -0.891. The van der Waals surface area contributed by atoms with Gasteiger partial charge < -0.3 is 20.8 Å². The lowest BCUT2D eigenvalue weighted by Crippen LogP contribution is -2.48. The molecule has 3 amide bonds. The molecular formula is C36H35N5O5S. The van der Waals surface area contributed by atoms with Crippen LogP contribution in [0.25, 0.3) is 0 Å². The molecule has 2 aromatic heterocycles. The lowest BCUT2D eigenvalue weighted by Gasteiger charge is -2.29. The number of aliphatic hydroxyl groups excluding tert-OH is 1. The SMILES string of the molecule is O=C(N[C@@H](Cc1ccccc1)[C@@H](O)C[C@H](Cc1ccccc1)NC(=O)c1ccccc1N(Cc1ccccn1)C(=O)O)c1cscn1. The average Bonchev–Trinajstić information content (AvgIpc) is 3.64. The maximum atomic E-state index is 13.9. The van der Waals surface area contributed by atoms with Crippen molar-refractivity contribution in [1.29, 1.82) is 0 Å². The number of para-hydroxylation sites is 1.